The molecule has 0 saturated carbocycles. The first-order valence-electron chi connectivity index (χ1n) is 8.22. The number of anilines is 1. The van der Waals surface area contributed by atoms with Crippen LogP contribution in [0.25, 0.3) is 0 Å². The van der Waals surface area contributed by atoms with Crippen LogP contribution in [-0.4, -0.2) is 16.8 Å². The topological polar surface area (TPSA) is 75.7 Å². The molecule has 0 bridgehead atoms. The van der Waals surface area contributed by atoms with Crippen molar-refractivity contribution in [3.63, 3.8) is 0 Å². The SMILES string of the molecule is Nc1cccc([C@@H]2c3ccc(O)cc3OC[C@@H]2c2ccc(O)cc2)c1. The molecule has 0 amide bonds. The molecule has 1 heterocycles. The average molecular weight is 333 g/mol. The molecule has 126 valence electrons. The van der Waals surface area contributed by atoms with Crippen LogP contribution in [0.15, 0.2) is 66.7 Å². The summed E-state index contributed by atoms with van der Waals surface area (Å²) < 4.78 is 5.93. The van der Waals surface area contributed by atoms with Crippen molar-refractivity contribution in [2.45, 2.75) is 11.8 Å². The number of nitrogens with two attached hydrogens (primary N) is 1. The molecule has 4 rings (SSSR count). The van der Waals surface area contributed by atoms with Crippen LogP contribution < -0.4 is 10.5 Å². The second-order valence-electron chi connectivity index (χ2n) is 6.38. The van der Waals surface area contributed by atoms with E-state index < -0.39 is 0 Å². The fourth-order valence-corrected chi connectivity index (χ4v) is 3.57. The van der Waals surface area contributed by atoms with Crippen molar-refractivity contribution < 1.29 is 14.9 Å². The number of hydrogen-bond donors (Lipinski definition) is 3. The van der Waals surface area contributed by atoms with Gasteiger partial charge in [-0.1, -0.05) is 30.3 Å². The van der Waals surface area contributed by atoms with Crippen LogP contribution in [0.5, 0.6) is 17.2 Å². The second-order valence-corrected chi connectivity index (χ2v) is 6.38. The molecular weight excluding hydrogens is 314 g/mol. The fourth-order valence-electron chi connectivity index (χ4n) is 3.57. The lowest BCUT2D eigenvalue weighted by molar-refractivity contribution is 0.247. The number of rotatable bonds is 2. The summed E-state index contributed by atoms with van der Waals surface area (Å²) in [5.74, 6) is 1.26. The highest BCUT2D eigenvalue weighted by Crippen LogP contribution is 2.47. The van der Waals surface area contributed by atoms with Gasteiger partial charge in [-0.05, 0) is 41.5 Å². The number of hydrogen-bond acceptors (Lipinski definition) is 4. The molecule has 1 aliphatic heterocycles. The van der Waals surface area contributed by atoms with E-state index in [9.17, 15) is 10.2 Å². The van der Waals surface area contributed by atoms with Crippen LogP contribution in [-0.2, 0) is 0 Å². The van der Waals surface area contributed by atoms with Crippen LogP contribution in [0.2, 0.25) is 0 Å². The number of phenolic OH excluding ortho intramolecular Hbond substituents is 2. The highest BCUT2D eigenvalue weighted by atomic mass is 16.5. The minimum Gasteiger partial charge on any atom is -0.508 e. The van der Waals surface area contributed by atoms with Crippen molar-refractivity contribution >= 4 is 5.69 Å². The maximum absolute atomic E-state index is 9.77. The Balaban J connectivity index is 1.86. The van der Waals surface area contributed by atoms with Crippen LogP contribution in [0.4, 0.5) is 5.69 Å². The first-order valence-corrected chi connectivity index (χ1v) is 8.22. The summed E-state index contributed by atoms with van der Waals surface area (Å²) in [6, 6.07) is 20.4. The van der Waals surface area contributed by atoms with E-state index in [1.165, 1.54) is 0 Å². The highest BCUT2D eigenvalue weighted by molar-refractivity contribution is 5.53. The van der Waals surface area contributed by atoms with E-state index in [-0.39, 0.29) is 23.3 Å². The molecule has 3 aromatic rings. The van der Waals surface area contributed by atoms with Crippen molar-refractivity contribution in [2.75, 3.05) is 12.3 Å². The number of fused-ring (bicyclic) bond motifs is 1. The van der Waals surface area contributed by atoms with Crippen LogP contribution in [0.1, 0.15) is 28.5 Å². The fraction of sp³-hybridized carbons (Fsp3) is 0.143. The Morgan fingerprint density at radius 2 is 1.60 bits per heavy atom. The largest absolute Gasteiger partial charge is 0.508 e. The summed E-state index contributed by atoms with van der Waals surface area (Å²) in [5.41, 5.74) is 9.94. The Morgan fingerprint density at radius 1 is 0.840 bits per heavy atom. The standard InChI is InChI=1S/C21H19NO3/c22-15-3-1-2-14(10-15)21-18-9-8-17(24)11-20(18)25-12-19(21)13-4-6-16(23)7-5-13/h1-11,19,21,23-24H,12,22H2/t19-,21-/m1/s1. The summed E-state index contributed by atoms with van der Waals surface area (Å²) in [6.45, 7) is 0.487. The molecule has 1 aliphatic rings. The van der Waals surface area contributed by atoms with E-state index in [4.69, 9.17) is 10.5 Å². The van der Waals surface area contributed by atoms with E-state index in [0.717, 1.165) is 16.7 Å². The molecule has 0 radical (unpaired) electrons. The van der Waals surface area contributed by atoms with Crippen LogP contribution in [0, 0.1) is 0 Å². The molecule has 0 saturated heterocycles. The maximum Gasteiger partial charge on any atom is 0.126 e. The van der Waals surface area contributed by atoms with Gasteiger partial charge in [0.2, 0.25) is 0 Å². The molecule has 0 spiro atoms. The smallest absolute Gasteiger partial charge is 0.126 e. The van der Waals surface area contributed by atoms with Crippen LogP contribution in [0.3, 0.4) is 0 Å². The second kappa shape index (κ2) is 6.06. The normalized spacial score (nSPS) is 19.0. The summed E-state index contributed by atoms with van der Waals surface area (Å²) in [4.78, 5) is 0. The molecule has 0 fully saturated rings. The lowest BCUT2D eigenvalue weighted by Crippen LogP contribution is -2.25. The third kappa shape index (κ3) is 2.87. The Morgan fingerprint density at radius 3 is 2.36 bits per heavy atom. The molecule has 4 N–H and O–H groups in total. The van der Waals surface area contributed by atoms with E-state index >= 15 is 0 Å². The molecule has 0 aliphatic carbocycles. The summed E-state index contributed by atoms with van der Waals surface area (Å²) in [6.07, 6.45) is 0. The zero-order valence-electron chi connectivity index (χ0n) is 13.6. The maximum atomic E-state index is 9.77. The first-order chi connectivity index (χ1) is 12.1. The minimum atomic E-state index is 0.0531. The van der Waals surface area contributed by atoms with Crippen molar-refractivity contribution in [1.82, 2.24) is 0 Å². The van der Waals surface area contributed by atoms with Crippen LogP contribution >= 0.6 is 0 Å². The minimum absolute atomic E-state index is 0.0531. The molecule has 0 aromatic heterocycles. The Kier molecular flexibility index (Phi) is 3.73. The van der Waals surface area contributed by atoms with Gasteiger partial charge in [0.05, 0.1) is 6.61 Å². The summed E-state index contributed by atoms with van der Waals surface area (Å²) >= 11 is 0. The third-order valence-corrected chi connectivity index (χ3v) is 4.74. The average Bonchev–Trinajstić information content (AvgIpc) is 2.61. The predicted molar refractivity (Wildman–Crippen MR) is 97.1 cm³/mol. The quantitative estimate of drug-likeness (QED) is 0.620. The molecule has 4 heteroatoms. The first kappa shape index (κ1) is 15.4. The van der Waals surface area contributed by atoms with E-state index in [2.05, 4.69) is 6.07 Å². The van der Waals surface area contributed by atoms with Crippen molar-refractivity contribution in [3.8, 4) is 17.2 Å². The van der Waals surface area contributed by atoms with Gasteiger partial charge in [-0.3, -0.25) is 0 Å². The van der Waals surface area contributed by atoms with Gasteiger partial charge in [-0.15, -0.1) is 0 Å². The molecule has 4 nitrogen and oxygen atoms in total. The Bertz CT molecular complexity index is 905. The van der Waals surface area contributed by atoms with Gasteiger partial charge in [-0.25, -0.2) is 0 Å². The number of benzene rings is 3. The van der Waals surface area contributed by atoms with E-state index in [0.29, 0.717) is 18.0 Å². The van der Waals surface area contributed by atoms with Crippen molar-refractivity contribution in [3.05, 3.63) is 83.4 Å². The zero-order valence-corrected chi connectivity index (χ0v) is 13.6. The third-order valence-electron chi connectivity index (χ3n) is 4.74. The monoisotopic (exact) mass is 333 g/mol. The highest BCUT2D eigenvalue weighted by Gasteiger charge is 2.33. The van der Waals surface area contributed by atoms with Gasteiger partial charge >= 0.3 is 0 Å². The van der Waals surface area contributed by atoms with E-state index in [1.54, 1.807) is 24.3 Å². The molecule has 3 aromatic carbocycles. The van der Waals surface area contributed by atoms with Crippen molar-refractivity contribution in [1.29, 1.82) is 0 Å². The summed E-state index contributed by atoms with van der Waals surface area (Å²) in [7, 11) is 0. The Hall–Kier alpha value is -3.14. The van der Waals surface area contributed by atoms with Crippen molar-refractivity contribution in [2.24, 2.45) is 0 Å². The van der Waals surface area contributed by atoms with Gasteiger partial charge in [-0.2, -0.15) is 0 Å². The molecule has 2 atom stereocenters. The molecular formula is C21H19NO3. The molecule has 25 heavy (non-hydrogen) atoms. The Labute approximate surface area is 146 Å². The van der Waals surface area contributed by atoms with Gasteiger partial charge in [0, 0.05) is 29.2 Å². The van der Waals surface area contributed by atoms with Gasteiger partial charge in [0.25, 0.3) is 0 Å². The zero-order chi connectivity index (χ0) is 17.4. The number of phenols is 2. The predicted octanol–water partition coefficient (Wildman–Crippen LogP) is 3.99. The van der Waals surface area contributed by atoms with Gasteiger partial charge in [0.15, 0.2) is 0 Å². The number of aromatic hydroxyl groups is 2. The number of ether oxygens (including phenoxy) is 1. The summed E-state index contributed by atoms with van der Waals surface area (Å²) in [5, 5.41) is 19.4. The van der Waals surface area contributed by atoms with Gasteiger partial charge in [0.1, 0.15) is 17.2 Å². The van der Waals surface area contributed by atoms with E-state index in [1.807, 2.05) is 36.4 Å². The molecule has 0 unspecified atom stereocenters. The number of nitrogen functional groups attached to an aromatic ring is 1. The lowest BCUT2D eigenvalue weighted by atomic mass is 9.76. The van der Waals surface area contributed by atoms with Gasteiger partial charge < -0.3 is 20.7 Å². The lowest BCUT2D eigenvalue weighted by Gasteiger charge is -2.34.